The normalized spacial score (nSPS) is 15.6. The number of hydrazine groups is 1. The van der Waals surface area contributed by atoms with Crippen molar-refractivity contribution in [2.45, 2.75) is 20.8 Å². The third kappa shape index (κ3) is 3.26. The second kappa shape index (κ2) is 6.81. The Bertz CT molecular complexity index is 871. The molecule has 1 fully saturated rings. The Morgan fingerprint density at radius 2 is 1.84 bits per heavy atom. The zero-order valence-corrected chi connectivity index (χ0v) is 14.5. The van der Waals surface area contributed by atoms with Crippen LogP contribution in [0.1, 0.15) is 23.6 Å². The summed E-state index contributed by atoms with van der Waals surface area (Å²) in [6.45, 7) is 6.36. The van der Waals surface area contributed by atoms with Crippen molar-refractivity contribution in [3.05, 3.63) is 64.7 Å². The summed E-state index contributed by atoms with van der Waals surface area (Å²) in [4.78, 5) is 25.0. The van der Waals surface area contributed by atoms with Crippen molar-refractivity contribution in [2.75, 3.05) is 11.6 Å². The summed E-state index contributed by atoms with van der Waals surface area (Å²) in [7, 11) is 0. The average Bonchev–Trinajstić information content (AvgIpc) is 2.87. The van der Waals surface area contributed by atoms with Crippen LogP contribution >= 0.6 is 0 Å². The fourth-order valence-electron chi connectivity index (χ4n) is 2.65. The number of hydrogen-bond donors (Lipinski definition) is 1. The molecule has 5 nitrogen and oxygen atoms in total. The van der Waals surface area contributed by atoms with Crippen LogP contribution in [0.4, 0.5) is 5.69 Å². The van der Waals surface area contributed by atoms with Crippen molar-refractivity contribution < 1.29 is 14.3 Å². The lowest BCUT2D eigenvalue weighted by molar-refractivity contribution is -0.117. The van der Waals surface area contributed by atoms with Gasteiger partial charge in [-0.15, -0.1) is 0 Å². The lowest BCUT2D eigenvalue weighted by Crippen LogP contribution is -2.35. The number of nitrogens with zero attached hydrogens (tertiary/aromatic N) is 1. The monoisotopic (exact) mass is 336 g/mol. The van der Waals surface area contributed by atoms with Gasteiger partial charge in [-0.1, -0.05) is 24.3 Å². The number of rotatable bonds is 4. The van der Waals surface area contributed by atoms with E-state index in [1.807, 2.05) is 63.2 Å². The summed E-state index contributed by atoms with van der Waals surface area (Å²) in [5, 5.41) is 1.28. The van der Waals surface area contributed by atoms with E-state index in [1.54, 1.807) is 6.08 Å². The van der Waals surface area contributed by atoms with Crippen molar-refractivity contribution in [1.29, 1.82) is 0 Å². The van der Waals surface area contributed by atoms with Gasteiger partial charge >= 0.3 is 0 Å². The van der Waals surface area contributed by atoms with E-state index in [2.05, 4.69) is 5.43 Å². The first-order valence-electron chi connectivity index (χ1n) is 8.17. The Balaban J connectivity index is 1.95. The van der Waals surface area contributed by atoms with Gasteiger partial charge in [-0.3, -0.25) is 15.0 Å². The highest BCUT2D eigenvalue weighted by atomic mass is 16.5. The third-order valence-corrected chi connectivity index (χ3v) is 4.16. The third-order valence-electron chi connectivity index (χ3n) is 4.16. The van der Waals surface area contributed by atoms with Gasteiger partial charge in [0.15, 0.2) is 0 Å². The molecule has 1 aliphatic rings. The maximum Gasteiger partial charge on any atom is 0.282 e. The summed E-state index contributed by atoms with van der Waals surface area (Å²) in [5.41, 5.74) is 6.24. The van der Waals surface area contributed by atoms with Crippen LogP contribution in [0.15, 0.2) is 48.0 Å². The van der Waals surface area contributed by atoms with Crippen LogP contribution in [-0.2, 0) is 9.59 Å². The lowest BCUT2D eigenvalue weighted by atomic mass is 10.1. The number of ether oxygens (including phenoxy) is 1. The van der Waals surface area contributed by atoms with Crippen LogP contribution in [-0.4, -0.2) is 18.4 Å². The predicted octanol–water partition coefficient (Wildman–Crippen LogP) is 3.16. The second-order valence-electron chi connectivity index (χ2n) is 5.88. The molecule has 0 aromatic heterocycles. The zero-order chi connectivity index (χ0) is 18.0. The number of anilines is 1. The Labute approximate surface area is 146 Å². The molecule has 1 saturated heterocycles. The molecule has 1 N–H and O–H groups in total. The molecule has 0 spiro atoms. The summed E-state index contributed by atoms with van der Waals surface area (Å²) >= 11 is 0. The topological polar surface area (TPSA) is 58.6 Å². The van der Waals surface area contributed by atoms with Crippen LogP contribution < -0.4 is 15.2 Å². The molecule has 0 bridgehead atoms. The predicted molar refractivity (Wildman–Crippen MR) is 97.1 cm³/mol. The molecule has 25 heavy (non-hydrogen) atoms. The first kappa shape index (κ1) is 16.8. The first-order chi connectivity index (χ1) is 12.0. The number of nitrogens with one attached hydrogen (secondary N) is 1. The van der Waals surface area contributed by atoms with E-state index in [1.165, 1.54) is 5.01 Å². The highest BCUT2D eigenvalue weighted by Crippen LogP contribution is 2.26. The molecule has 2 amide bonds. The Hall–Kier alpha value is -3.08. The molecule has 0 atom stereocenters. The Morgan fingerprint density at radius 1 is 1.08 bits per heavy atom. The van der Waals surface area contributed by atoms with Crippen LogP contribution in [0.25, 0.3) is 6.08 Å². The second-order valence-corrected chi connectivity index (χ2v) is 5.88. The molecular weight excluding hydrogens is 316 g/mol. The molecular formula is C20H20N2O3. The summed E-state index contributed by atoms with van der Waals surface area (Å²) in [5.74, 6) is -0.156. The van der Waals surface area contributed by atoms with Gasteiger partial charge in [0.05, 0.1) is 12.3 Å². The fourth-order valence-corrected chi connectivity index (χ4v) is 2.65. The lowest BCUT2D eigenvalue weighted by Gasteiger charge is -2.16. The zero-order valence-electron chi connectivity index (χ0n) is 14.5. The number of hydrogen-bond acceptors (Lipinski definition) is 3. The van der Waals surface area contributed by atoms with Gasteiger partial charge in [-0.05, 0) is 56.2 Å². The molecule has 0 saturated carbocycles. The largest absolute Gasteiger partial charge is 0.493 e. The molecule has 0 unspecified atom stereocenters. The Kier molecular flexibility index (Phi) is 4.57. The van der Waals surface area contributed by atoms with Gasteiger partial charge in [0, 0.05) is 5.56 Å². The molecule has 5 heteroatoms. The number of benzene rings is 2. The highest BCUT2D eigenvalue weighted by molar-refractivity contribution is 6.31. The van der Waals surface area contributed by atoms with Gasteiger partial charge in [0.1, 0.15) is 11.3 Å². The van der Waals surface area contributed by atoms with Crippen molar-refractivity contribution in [3.63, 3.8) is 0 Å². The number of carbonyl (C=O) groups is 2. The van der Waals surface area contributed by atoms with E-state index in [-0.39, 0.29) is 11.5 Å². The summed E-state index contributed by atoms with van der Waals surface area (Å²) < 4.78 is 5.56. The fraction of sp³-hybridized carbons (Fsp3) is 0.200. The van der Waals surface area contributed by atoms with Gasteiger partial charge in [-0.25, -0.2) is 5.01 Å². The van der Waals surface area contributed by atoms with E-state index in [4.69, 9.17) is 4.74 Å². The maximum atomic E-state index is 12.7. The molecule has 1 heterocycles. The van der Waals surface area contributed by atoms with Gasteiger partial charge in [0.2, 0.25) is 0 Å². The molecule has 0 aliphatic carbocycles. The maximum absolute atomic E-state index is 12.7. The highest BCUT2D eigenvalue weighted by Gasteiger charge is 2.34. The van der Waals surface area contributed by atoms with Crippen molar-refractivity contribution in [2.24, 2.45) is 0 Å². The van der Waals surface area contributed by atoms with Gasteiger partial charge in [-0.2, -0.15) is 0 Å². The minimum absolute atomic E-state index is 0.0883. The van der Waals surface area contributed by atoms with Crippen molar-refractivity contribution in [3.8, 4) is 5.75 Å². The van der Waals surface area contributed by atoms with E-state index in [9.17, 15) is 9.59 Å². The first-order valence-corrected chi connectivity index (χ1v) is 8.17. The SMILES string of the molecule is CCOc1ccccc1/C=C1\C(=O)NN(c2ccc(C)c(C)c2)C1=O. The van der Waals surface area contributed by atoms with E-state index in [0.717, 1.165) is 11.1 Å². The quantitative estimate of drug-likeness (QED) is 0.689. The smallest absolute Gasteiger partial charge is 0.282 e. The van der Waals surface area contributed by atoms with Gasteiger partial charge in [0.25, 0.3) is 11.8 Å². The molecule has 2 aromatic rings. The van der Waals surface area contributed by atoms with Crippen molar-refractivity contribution >= 4 is 23.6 Å². The van der Waals surface area contributed by atoms with E-state index >= 15 is 0 Å². The molecule has 3 rings (SSSR count). The molecule has 128 valence electrons. The molecule has 0 radical (unpaired) electrons. The van der Waals surface area contributed by atoms with E-state index in [0.29, 0.717) is 23.6 Å². The van der Waals surface area contributed by atoms with Crippen LogP contribution in [0.3, 0.4) is 0 Å². The Morgan fingerprint density at radius 3 is 2.56 bits per heavy atom. The van der Waals surface area contributed by atoms with Crippen LogP contribution in [0.2, 0.25) is 0 Å². The number of aryl methyl sites for hydroxylation is 2. The van der Waals surface area contributed by atoms with E-state index < -0.39 is 5.91 Å². The van der Waals surface area contributed by atoms with Crippen molar-refractivity contribution in [1.82, 2.24) is 5.43 Å². The number of carbonyl (C=O) groups excluding carboxylic acids is 2. The van der Waals surface area contributed by atoms with Crippen LogP contribution in [0.5, 0.6) is 5.75 Å². The standard InChI is InChI=1S/C20H20N2O3/c1-4-25-18-8-6-5-7-15(18)12-17-19(23)21-22(20(17)24)16-10-9-13(2)14(3)11-16/h5-12H,4H2,1-3H3,(H,21,23)/b17-12+. The summed E-state index contributed by atoms with van der Waals surface area (Å²) in [6, 6.07) is 12.9. The number of para-hydroxylation sites is 1. The van der Waals surface area contributed by atoms with Crippen LogP contribution in [0, 0.1) is 13.8 Å². The van der Waals surface area contributed by atoms with Gasteiger partial charge < -0.3 is 4.74 Å². The molecule has 1 aliphatic heterocycles. The average molecular weight is 336 g/mol. The molecule has 2 aromatic carbocycles. The minimum atomic E-state index is -0.422. The minimum Gasteiger partial charge on any atom is -0.493 e. The number of amides is 2. The summed E-state index contributed by atoms with van der Waals surface area (Å²) in [6.07, 6.45) is 1.57.